The van der Waals surface area contributed by atoms with Crippen molar-refractivity contribution in [3.05, 3.63) is 94.5 Å². The normalized spacial score (nSPS) is 15.3. The average Bonchev–Trinajstić information content (AvgIpc) is 3.23. The fraction of sp³-hybridized carbons (Fsp3) is 0.231. The van der Waals surface area contributed by atoms with E-state index in [1.807, 2.05) is 65.6 Å². The van der Waals surface area contributed by atoms with Crippen LogP contribution in [0.4, 0.5) is 0 Å². The van der Waals surface area contributed by atoms with E-state index in [0.29, 0.717) is 47.5 Å². The highest BCUT2D eigenvalue weighted by molar-refractivity contribution is 8.00. The molecular formula is C26H25ClN2O4S. The number of hydrogen-bond donors (Lipinski definition) is 1. The number of thioether (sulfide) groups is 1. The third kappa shape index (κ3) is 5.85. The Bertz CT molecular complexity index is 1140. The van der Waals surface area contributed by atoms with Crippen LogP contribution in [0.3, 0.4) is 0 Å². The zero-order chi connectivity index (χ0) is 23.9. The van der Waals surface area contributed by atoms with Crippen LogP contribution in [0.5, 0.6) is 11.5 Å². The standard InChI is InChI=1S/C26H25ClN2O4S/c1-32-22-4-2-3-5-23(22)33-15-14-28-25(31)19-8-10-20(11-9-19)26-29(24(30)17-34-26)16-18-6-12-21(27)13-7-18/h2-13,26H,14-17H2,1H3,(H,28,31). The van der Waals surface area contributed by atoms with Gasteiger partial charge in [0.25, 0.3) is 5.91 Å². The number of halogens is 1. The lowest BCUT2D eigenvalue weighted by Crippen LogP contribution is -2.28. The van der Waals surface area contributed by atoms with Crippen molar-refractivity contribution < 1.29 is 19.1 Å². The molecule has 0 aromatic heterocycles. The van der Waals surface area contributed by atoms with Gasteiger partial charge in [-0.1, -0.05) is 48.0 Å². The monoisotopic (exact) mass is 496 g/mol. The Balaban J connectivity index is 1.32. The van der Waals surface area contributed by atoms with Crippen LogP contribution < -0.4 is 14.8 Å². The van der Waals surface area contributed by atoms with Crippen molar-refractivity contribution in [3.8, 4) is 11.5 Å². The van der Waals surface area contributed by atoms with Crippen molar-refractivity contribution in [1.82, 2.24) is 10.2 Å². The quantitative estimate of drug-likeness (QED) is 0.425. The molecule has 1 unspecified atom stereocenters. The maximum atomic E-state index is 12.5. The molecule has 4 rings (SSSR count). The maximum Gasteiger partial charge on any atom is 0.251 e. The number of amides is 2. The van der Waals surface area contributed by atoms with Crippen molar-refractivity contribution in [3.63, 3.8) is 0 Å². The average molecular weight is 497 g/mol. The molecule has 0 spiro atoms. The summed E-state index contributed by atoms with van der Waals surface area (Å²) >= 11 is 7.56. The highest BCUT2D eigenvalue weighted by atomic mass is 35.5. The van der Waals surface area contributed by atoms with E-state index >= 15 is 0 Å². The van der Waals surface area contributed by atoms with Gasteiger partial charge in [-0.25, -0.2) is 0 Å². The third-order valence-electron chi connectivity index (χ3n) is 5.41. The van der Waals surface area contributed by atoms with Gasteiger partial charge in [-0.05, 0) is 47.5 Å². The molecule has 0 bridgehead atoms. The number of carbonyl (C=O) groups excluding carboxylic acids is 2. The van der Waals surface area contributed by atoms with Crippen LogP contribution in [-0.4, -0.2) is 42.7 Å². The fourth-order valence-electron chi connectivity index (χ4n) is 3.65. The van der Waals surface area contributed by atoms with E-state index < -0.39 is 0 Å². The third-order valence-corrected chi connectivity index (χ3v) is 6.91. The first kappa shape index (κ1) is 24.0. The largest absolute Gasteiger partial charge is 0.493 e. The first-order valence-corrected chi connectivity index (χ1v) is 12.3. The Kier molecular flexibility index (Phi) is 7.98. The molecule has 2 amide bonds. The van der Waals surface area contributed by atoms with Crippen molar-refractivity contribution in [2.75, 3.05) is 26.0 Å². The van der Waals surface area contributed by atoms with E-state index in [0.717, 1.165) is 11.1 Å². The molecule has 1 fully saturated rings. The second kappa shape index (κ2) is 11.3. The van der Waals surface area contributed by atoms with Gasteiger partial charge in [0.2, 0.25) is 5.91 Å². The van der Waals surface area contributed by atoms with Crippen LogP contribution in [0.25, 0.3) is 0 Å². The zero-order valence-electron chi connectivity index (χ0n) is 18.7. The van der Waals surface area contributed by atoms with E-state index in [-0.39, 0.29) is 17.2 Å². The second-order valence-electron chi connectivity index (χ2n) is 7.69. The number of para-hydroxylation sites is 2. The van der Waals surface area contributed by atoms with Crippen LogP contribution in [0.2, 0.25) is 5.02 Å². The van der Waals surface area contributed by atoms with Gasteiger partial charge in [-0.15, -0.1) is 11.8 Å². The summed E-state index contributed by atoms with van der Waals surface area (Å²) in [6.45, 7) is 1.20. The lowest BCUT2D eigenvalue weighted by atomic mass is 10.1. The van der Waals surface area contributed by atoms with E-state index in [4.69, 9.17) is 21.1 Å². The second-order valence-corrected chi connectivity index (χ2v) is 9.19. The minimum absolute atomic E-state index is 0.0884. The summed E-state index contributed by atoms with van der Waals surface area (Å²) in [6.07, 6.45) is 0. The number of hydrogen-bond acceptors (Lipinski definition) is 5. The Morgan fingerprint density at radius 2 is 1.76 bits per heavy atom. The summed E-state index contributed by atoms with van der Waals surface area (Å²) in [6, 6.07) is 22.3. The summed E-state index contributed by atoms with van der Waals surface area (Å²) in [4.78, 5) is 26.9. The van der Waals surface area contributed by atoms with E-state index in [9.17, 15) is 9.59 Å². The maximum absolute atomic E-state index is 12.5. The summed E-state index contributed by atoms with van der Waals surface area (Å²) in [7, 11) is 1.59. The Labute approximate surface area is 208 Å². The Hall–Kier alpha value is -3.16. The Morgan fingerprint density at radius 1 is 1.06 bits per heavy atom. The lowest BCUT2D eigenvalue weighted by molar-refractivity contribution is -0.128. The number of benzene rings is 3. The molecule has 1 heterocycles. The van der Waals surface area contributed by atoms with Gasteiger partial charge in [0, 0.05) is 17.1 Å². The van der Waals surface area contributed by atoms with E-state index in [1.165, 1.54) is 0 Å². The molecule has 1 saturated heterocycles. The van der Waals surface area contributed by atoms with Gasteiger partial charge >= 0.3 is 0 Å². The minimum atomic E-state index is -0.177. The van der Waals surface area contributed by atoms with Crippen molar-refractivity contribution in [2.45, 2.75) is 11.9 Å². The first-order valence-electron chi connectivity index (χ1n) is 10.8. The Morgan fingerprint density at radius 3 is 2.47 bits per heavy atom. The molecule has 176 valence electrons. The molecule has 6 nitrogen and oxygen atoms in total. The van der Waals surface area contributed by atoms with E-state index in [1.54, 1.807) is 31.0 Å². The lowest BCUT2D eigenvalue weighted by Gasteiger charge is -2.24. The van der Waals surface area contributed by atoms with Crippen LogP contribution in [-0.2, 0) is 11.3 Å². The van der Waals surface area contributed by atoms with Gasteiger partial charge in [-0.2, -0.15) is 0 Å². The molecule has 1 atom stereocenters. The van der Waals surface area contributed by atoms with Gasteiger partial charge in [0.1, 0.15) is 12.0 Å². The van der Waals surface area contributed by atoms with Gasteiger partial charge in [0.15, 0.2) is 11.5 Å². The smallest absolute Gasteiger partial charge is 0.251 e. The number of nitrogens with zero attached hydrogens (tertiary/aromatic N) is 1. The predicted molar refractivity (Wildman–Crippen MR) is 134 cm³/mol. The molecule has 1 aliphatic rings. The van der Waals surface area contributed by atoms with Crippen molar-refractivity contribution in [1.29, 1.82) is 0 Å². The van der Waals surface area contributed by atoms with Crippen LogP contribution in [0, 0.1) is 0 Å². The van der Waals surface area contributed by atoms with Crippen molar-refractivity contribution >= 4 is 35.2 Å². The number of carbonyl (C=O) groups is 2. The van der Waals surface area contributed by atoms with Gasteiger partial charge < -0.3 is 19.7 Å². The summed E-state index contributed by atoms with van der Waals surface area (Å²) in [5.74, 6) is 1.64. The summed E-state index contributed by atoms with van der Waals surface area (Å²) < 4.78 is 10.9. The molecule has 34 heavy (non-hydrogen) atoms. The highest BCUT2D eigenvalue weighted by Crippen LogP contribution is 2.39. The molecule has 8 heteroatoms. The van der Waals surface area contributed by atoms with Crippen molar-refractivity contribution in [2.24, 2.45) is 0 Å². The topological polar surface area (TPSA) is 67.9 Å². The van der Waals surface area contributed by atoms with Crippen LogP contribution in [0.15, 0.2) is 72.8 Å². The predicted octanol–water partition coefficient (Wildman–Crippen LogP) is 4.93. The molecule has 3 aromatic rings. The van der Waals surface area contributed by atoms with Gasteiger partial charge in [0.05, 0.1) is 19.4 Å². The number of ether oxygens (including phenoxy) is 2. The fourth-order valence-corrected chi connectivity index (χ4v) is 4.97. The highest BCUT2D eigenvalue weighted by Gasteiger charge is 2.32. The van der Waals surface area contributed by atoms with Crippen LogP contribution in [0.1, 0.15) is 26.9 Å². The molecule has 1 aliphatic heterocycles. The SMILES string of the molecule is COc1ccccc1OCCNC(=O)c1ccc(C2SCC(=O)N2Cc2ccc(Cl)cc2)cc1. The molecule has 0 radical (unpaired) electrons. The van der Waals surface area contributed by atoms with E-state index in [2.05, 4.69) is 5.32 Å². The van der Waals surface area contributed by atoms with Crippen LogP contribution >= 0.6 is 23.4 Å². The van der Waals surface area contributed by atoms with Gasteiger partial charge in [-0.3, -0.25) is 9.59 Å². The number of methoxy groups -OCH3 is 1. The zero-order valence-corrected chi connectivity index (χ0v) is 20.3. The summed E-state index contributed by atoms with van der Waals surface area (Å²) in [5.41, 5.74) is 2.57. The number of rotatable bonds is 9. The first-order chi connectivity index (χ1) is 16.5. The molecular weight excluding hydrogens is 472 g/mol. The molecule has 3 aromatic carbocycles. The number of nitrogens with one attached hydrogen (secondary N) is 1. The molecule has 0 saturated carbocycles. The minimum Gasteiger partial charge on any atom is -0.493 e. The summed E-state index contributed by atoms with van der Waals surface area (Å²) in [5, 5.41) is 3.44. The molecule has 1 N–H and O–H groups in total. The molecule has 0 aliphatic carbocycles.